The number of hydrogen-bond acceptors (Lipinski definition) is 4. The highest BCUT2D eigenvalue weighted by Gasteiger charge is 2.28. The van der Waals surface area contributed by atoms with E-state index in [2.05, 4.69) is 11.4 Å². The molecule has 0 unspecified atom stereocenters. The van der Waals surface area contributed by atoms with Crippen molar-refractivity contribution >= 4 is 35.1 Å². The van der Waals surface area contributed by atoms with E-state index < -0.39 is 11.9 Å². The monoisotopic (exact) mass is 429 g/mol. The van der Waals surface area contributed by atoms with Gasteiger partial charge in [0.15, 0.2) is 0 Å². The van der Waals surface area contributed by atoms with Gasteiger partial charge in [0, 0.05) is 31.2 Å². The Morgan fingerprint density at radius 3 is 2.32 bits per heavy atom. The molecule has 8 heteroatoms. The summed E-state index contributed by atoms with van der Waals surface area (Å²) in [6.45, 7) is 3.86. The Morgan fingerprint density at radius 2 is 1.75 bits per heavy atom. The van der Waals surface area contributed by atoms with Crippen molar-refractivity contribution in [1.82, 2.24) is 5.32 Å². The van der Waals surface area contributed by atoms with Crippen LogP contribution in [0.15, 0.2) is 30.4 Å². The van der Waals surface area contributed by atoms with Gasteiger partial charge in [-0.1, -0.05) is 29.3 Å². The normalized spacial score (nSPS) is 21.8. The minimum absolute atomic E-state index is 0.519. The number of aliphatic carboxylic acids is 2. The van der Waals surface area contributed by atoms with E-state index in [0.717, 1.165) is 38.6 Å². The fourth-order valence-electron chi connectivity index (χ4n) is 3.09. The number of ether oxygens (including phenoxy) is 1. The number of rotatable bonds is 7. The van der Waals surface area contributed by atoms with Gasteiger partial charge in [-0.15, -0.1) is 0 Å². The fraction of sp³-hybridized carbons (Fsp3) is 0.500. The number of hydrogen-bond donors (Lipinski definition) is 3. The van der Waals surface area contributed by atoms with Crippen LogP contribution < -0.4 is 5.32 Å². The van der Waals surface area contributed by atoms with E-state index in [-0.39, 0.29) is 0 Å². The third-order valence-electron chi connectivity index (χ3n) is 4.73. The summed E-state index contributed by atoms with van der Waals surface area (Å²) in [5.74, 6) is -0.639. The third-order valence-corrected chi connectivity index (χ3v) is 5.47. The average Bonchev–Trinajstić information content (AvgIpc) is 3.48. The Morgan fingerprint density at radius 1 is 1.07 bits per heavy atom. The second-order valence-corrected chi connectivity index (χ2v) is 7.84. The molecule has 1 aromatic carbocycles. The number of nitrogens with one attached hydrogen (secondary N) is 1. The molecule has 0 bridgehead atoms. The van der Waals surface area contributed by atoms with E-state index in [1.165, 1.54) is 18.4 Å². The summed E-state index contributed by atoms with van der Waals surface area (Å²) in [6.07, 6.45) is 4.94. The minimum atomic E-state index is -1.26. The summed E-state index contributed by atoms with van der Waals surface area (Å²) in [4.78, 5) is 19.1. The van der Waals surface area contributed by atoms with Crippen LogP contribution in [0.1, 0.15) is 30.7 Å². The molecule has 0 spiro atoms. The molecule has 0 radical (unpaired) electrons. The van der Waals surface area contributed by atoms with Gasteiger partial charge in [0.2, 0.25) is 0 Å². The molecule has 1 aliphatic heterocycles. The van der Waals surface area contributed by atoms with Crippen molar-refractivity contribution in [1.29, 1.82) is 0 Å². The van der Waals surface area contributed by atoms with E-state index in [1.54, 1.807) is 0 Å². The SMILES string of the molecule is Clc1ccc([C@@H]2CCNC[C@H]2COCC2CC2)cc1Cl.O=C(O)C=CC(=O)O. The number of halogens is 2. The molecular weight excluding hydrogens is 405 g/mol. The first-order valence-electron chi connectivity index (χ1n) is 9.24. The van der Waals surface area contributed by atoms with Gasteiger partial charge in [0.05, 0.1) is 16.7 Å². The first-order chi connectivity index (χ1) is 13.4. The molecule has 2 fully saturated rings. The molecule has 0 aromatic heterocycles. The van der Waals surface area contributed by atoms with Gasteiger partial charge >= 0.3 is 11.9 Å². The lowest BCUT2D eigenvalue weighted by Crippen LogP contribution is -2.38. The zero-order valence-corrected chi connectivity index (χ0v) is 17.0. The zero-order valence-electron chi connectivity index (χ0n) is 15.4. The molecule has 3 N–H and O–H groups in total. The van der Waals surface area contributed by atoms with Gasteiger partial charge in [-0.05, 0) is 55.3 Å². The maximum absolute atomic E-state index is 9.55. The van der Waals surface area contributed by atoms with Crippen molar-refractivity contribution < 1.29 is 24.5 Å². The van der Waals surface area contributed by atoms with E-state index in [0.29, 0.717) is 34.0 Å². The van der Waals surface area contributed by atoms with Gasteiger partial charge in [-0.3, -0.25) is 0 Å². The third kappa shape index (κ3) is 8.19. The molecular formula is C20H25Cl2NO5. The molecule has 28 heavy (non-hydrogen) atoms. The lowest BCUT2D eigenvalue weighted by atomic mass is 9.81. The molecule has 3 rings (SSSR count). The first-order valence-corrected chi connectivity index (χ1v) is 9.99. The van der Waals surface area contributed by atoms with Crippen LogP contribution in [0.4, 0.5) is 0 Å². The van der Waals surface area contributed by atoms with Gasteiger partial charge in [-0.2, -0.15) is 0 Å². The van der Waals surface area contributed by atoms with Crippen LogP contribution in [0.25, 0.3) is 0 Å². The number of carbonyl (C=O) groups is 2. The van der Waals surface area contributed by atoms with Crippen molar-refractivity contribution in [2.24, 2.45) is 11.8 Å². The predicted molar refractivity (Wildman–Crippen MR) is 108 cm³/mol. The highest BCUT2D eigenvalue weighted by atomic mass is 35.5. The Bertz CT molecular complexity index is 690. The maximum Gasteiger partial charge on any atom is 0.328 e. The smallest absolute Gasteiger partial charge is 0.328 e. The standard InChI is InChI=1S/C16H21Cl2NO.C4H4O4/c17-15-4-3-12(7-16(15)18)14-5-6-19-8-13(14)10-20-9-11-1-2-11;5-3(6)1-2-4(7)8/h3-4,7,11,13-14,19H,1-2,5-6,8-10H2;1-2H,(H,5,6)(H,7,8)/t13-,14-;/m0./s1. The molecule has 1 saturated carbocycles. The van der Waals surface area contributed by atoms with Crippen LogP contribution in [0, 0.1) is 11.8 Å². The number of benzene rings is 1. The van der Waals surface area contributed by atoms with E-state index in [1.807, 2.05) is 12.1 Å². The Labute approximate surface area is 174 Å². The minimum Gasteiger partial charge on any atom is -0.478 e. The number of piperidine rings is 1. The second kappa shape index (κ2) is 11.4. The van der Waals surface area contributed by atoms with Gasteiger partial charge < -0.3 is 20.3 Å². The Balaban J connectivity index is 0.000000300. The highest BCUT2D eigenvalue weighted by molar-refractivity contribution is 6.42. The van der Waals surface area contributed by atoms with Crippen LogP contribution in [0.2, 0.25) is 10.0 Å². The van der Waals surface area contributed by atoms with Crippen LogP contribution >= 0.6 is 23.2 Å². The molecule has 2 aliphatic rings. The lowest BCUT2D eigenvalue weighted by Gasteiger charge is -2.32. The number of carboxylic acid groups (broad SMARTS) is 2. The summed E-state index contributed by atoms with van der Waals surface area (Å²) in [5, 5.41) is 20.4. The Hall–Kier alpha value is -1.60. The predicted octanol–water partition coefficient (Wildman–Crippen LogP) is 3.82. The van der Waals surface area contributed by atoms with Crippen LogP contribution in [0.3, 0.4) is 0 Å². The maximum atomic E-state index is 9.55. The Kier molecular flexibility index (Phi) is 9.25. The van der Waals surface area contributed by atoms with Gasteiger partial charge in [-0.25, -0.2) is 9.59 Å². The van der Waals surface area contributed by atoms with E-state index in [4.69, 9.17) is 38.2 Å². The first kappa shape index (κ1) is 22.7. The van der Waals surface area contributed by atoms with Crippen molar-refractivity contribution in [3.63, 3.8) is 0 Å². The summed E-state index contributed by atoms with van der Waals surface area (Å²) in [7, 11) is 0. The summed E-state index contributed by atoms with van der Waals surface area (Å²) < 4.78 is 5.90. The average molecular weight is 430 g/mol. The van der Waals surface area contributed by atoms with Crippen molar-refractivity contribution in [2.75, 3.05) is 26.3 Å². The summed E-state index contributed by atoms with van der Waals surface area (Å²) >= 11 is 12.2. The largest absolute Gasteiger partial charge is 0.478 e. The van der Waals surface area contributed by atoms with Gasteiger partial charge in [0.1, 0.15) is 0 Å². The molecule has 1 aliphatic carbocycles. The topological polar surface area (TPSA) is 95.9 Å². The molecule has 154 valence electrons. The molecule has 1 aromatic rings. The molecule has 0 amide bonds. The zero-order chi connectivity index (χ0) is 20.5. The molecule has 1 saturated heterocycles. The molecule has 2 atom stereocenters. The molecule has 6 nitrogen and oxygen atoms in total. The van der Waals surface area contributed by atoms with Crippen molar-refractivity contribution in [3.8, 4) is 0 Å². The van der Waals surface area contributed by atoms with Crippen molar-refractivity contribution in [3.05, 3.63) is 46.0 Å². The fourth-order valence-corrected chi connectivity index (χ4v) is 3.40. The van der Waals surface area contributed by atoms with Gasteiger partial charge in [0.25, 0.3) is 0 Å². The summed E-state index contributed by atoms with van der Waals surface area (Å²) in [6, 6.07) is 6.04. The van der Waals surface area contributed by atoms with Crippen LogP contribution in [-0.2, 0) is 14.3 Å². The quantitative estimate of drug-likeness (QED) is 0.570. The highest BCUT2D eigenvalue weighted by Crippen LogP contribution is 2.35. The van der Waals surface area contributed by atoms with Crippen LogP contribution in [-0.4, -0.2) is 48.5 Å². The lowest BCUT2D eigenvalue weighted by molar-refractivity contribution is -0.134. The number of carboxylic acids is 2. The second-order valence-electron chi connectivity index (χ2n) is 7.02. The van der Waals surface area contributed by atoms with E-state index >= 15 is 0 Å². The van der Waals surface area contributed by atoms with Crippen LogP contribution in [0.5, 0.6) is 0 Å². The molecule has 1 heterocycles. The van der Waals surface area contributed by atoms with Crippen molar-refractivity contribution in [2.45, 2.75) is 25.2 Å². The van der Waals surface area contributed by atoms with E-state index in [9.17, 15) is 9.59 Å². The summed E-state index contributed by atoms with van der Waals surface area (Å²) in [5.41, 5.74) is 1.29.